The van der Waals surface area contributed by atoms with Crippen molar-refractivity contribution in [2.75, 3.05) is 7.11 Å². The summed E-state index contributed by atoms with van der Waals surface area (Å²) in [7, 11) is 1.33. The van der Waals surface area contributed by atoms with Gasteiger partial charge < -0.3 is 10.1 Å². The first-order valence-electron chi connectivity index (χ1n) is 5.97. The number of hydrogen-bond acceptors (Lipinski definition) is 4. The number of unbranched alkanes of at least 4 members (excludes halogenated alkanes) is 1. The summed E-state index contributed by atoms with van der Waals surface area (Å²) in [5.74, 6) is -0.405. The smallest absolute Gasteiger partial charge is 0.337 e. The van der Waals surface area contributed by atoms with Gasteiger partial charge in [0.1, 0.15) is 0 Å². The van der Waals surface area contributed by atoms with E-state index in [-0.39, 0.29) is 5.91 Å². The van der Waals surface area contributed by atoms with E-state index < -0.39 is 5.97 Å². The fraction of sp³-hybridized carbons (Fsp3) is 0.462. The first-order chi connectivity index (χ1) is 8.67. The number of pyridine rings is 1. The molecule has 0 saturated carbocycles. The van der Waals surface area contributed by atoms with Gasteiger partial charge in [-0.05, 0) is 18.6 Å². The predicted octanol–water partition coefficient (Wildman–Crippen LogP) is 1.67. The highest BCUT2D eigenvalue weighted by atomic mass is 16.5. The molecule has 5 heteroatoms. The average Bonchev–Trinajstić information content (AvgIpc) is 2.42. The minimum atomic E-state index is -0.407. The normalized spacial score (nSPS) is 9.89. The molecule has 0 aliphatic heterocycles. The van der Waals surface area contributed by atoms with Crippen LogP contribution < -0.4 is 5.32 Å². The first kappa shape index (κ1) is 14.2. The highest BCUT2D eigenvalue weighted by molar-refractivity contribution is 5.89. The number of carbonyl (C=O) groups excluding carboxylic acids is 2. The molecule has 98 valence electrons. The van der Waals surface area contributed by atoms with Crippen LogP contribution in [0, 0.1) is 0 Å². The number of carbonyl (C=O) groups is 2. The van der Waals surface area contributed by atoms with Crippen LogP contribution in [0.2, 0.25) is 0 Å². The molecule has 0 aromatic carbocycles. The quantitative estimate of drug-likeness (QED) is 0.780. The molecule has 1 N–H and O–H groups in total. The van der Waals surface area contributed by atoms with Crippen molar-refractivity contribution < 1.29 is 14.3 Å². The number of amides is 1. The van der Waals surface area contributed by atoms with Crippen LogP contribution in [-0.2, 0) is 16.1 Å². The maximum atomic E-state index is 11.4. The Kier molecular flexibility index (Phi) is 5.84. The molecule has 0 unspecified atom stereocenters. The molecule has 0 aliphatic rings. The maximum absolute atomic E-state index is 11.4. The summed E-state index contributed by atoms with van der Waals surface area (Å²) in [5, 5.41) is 2.76. The van der Waals surface area contributed by atoms with Gasteiger partial charge in [0, 0.05) is 12.6 Å². The van der Waals surface area contributed by atoms with E-state index in [1.165, 1.54) is 13.3 Å². The SMILES string of the molecule is CCCCC(=O)NCc1cc(C(=O)OC)ccn1. The third-order valence-electron chi connectivity index (χ3n) is 2.46. The van der Waals surface area contributed by atoms with Crippen LogP contribution in [0.5, 0.6) is 0 Å². The summed E-state index contributed by atoms with van der Waals surface area (Å²) in [6.07, 6.45) is 3.91. The number of ether oxygens (including phenoxy) is 1. The molecule has 1 rings (SSSR count). The van der Waals surface area contributed by atoms with E-state index in [0.717, 1.165) is 12.8 Å². The monoisotopic (exact) mass is 250 g/mol. The van der Waals surface area contributed by atoms with Crippen molar-refractivity contribution in [2.24, 2.45) is 0 Å². The summed E-state index contributed by atoms with van der Waals surface area (Å²) >= 11 is 0. The van der Waals surface area contributed by atoms with Crippen molar-refractivity contribution in [3.63, 3.8) is 0 Å². The van der Waals surface area contributed by atoms with Crippen LogP contribution in [0.25, 0.3) is 0 Å². The van der Waals surface area contributed by atoms with Crippen LogP contribution in [0.3, 0.4) is 0 Å². The largest absolute Gasteiger partial charge is 0.465 e. The Hall–Kier alpha value is -1.91. The molecule has 0 radical (unpaired) electrons. The number of esters is 1. The summed E-state index contributed by atoms with van der Waals surface area (Å²) in [6.45, 7) is 2.36. The first-order valence-corrected chi connectivity index (χ1v) is 5.97. The molecule has 0 aliphatic carbocycles. The summed E-state index contributed by atoms with van der Waals surface area (Å²) in [4.78, 5) is 26.8. The van der Waals surface area contributed by atoms with Crippen LogP contribution in [0.1, 0.15) is 42.2 Å². The maximum Gasteiger partial charge on any atom is 0.337 e. The summed E-state index contributed by atoms with van der Waals surface area (Å²) < 4.78 is 4.62. The van der Waals surface area contributed by atoms with E-state index in [1.54, 1.807) is 12.1 Å². The highest BCUT2D eigenvalue weighted by Gasteiger charge is 2.07. The Morgan fingerprint density at radius 2 is 2.22 bits per heavy atom. The Bertz CT molecular complexity index is 418. The highest BCUT2D eigenvalue weighted by Crippen LogP contribution is 2.03. The predicted molar refractivity (Wildman–Crippen MR) is 66.9 cm³/mol. The summed E-state index contributed by atoms with van der Waals surface area (Å²) in [6, 6.07) is 3.19. The fourth-order valence-corrected chi connectivity index (χ4v) is 1.43. The van der Waals surface area contributed by atoms with Gasteiger partial charge in [-0.3, -0.25) is 9.78 Å². The molecule has 0 fully saturated rings. The van der Waals surface area contributed by atoms with Crippen molar-refractivity contribution in [3.05, 3.63) is 29.6 Å². The van der Waals surface area contributed by atoms with E-state index in [4.69, 9.17) is 0 Å². The third-order valence-corrected chi connectivity index (χ3v) is 2.46. The van der Waals surface area contributed by atoms with Crippen LogP contribution in [-0.4, -0.2) is 24.0 Å². The lowest BCUT2D eigenvalue weighted by Crippen LogP contribution is -2.23. The number of aromatic nitrogens is 1. The molecule has 0 spiro atoms. The molecule has 0 saturated heterocycles. The number of nitrogens with zero attached hydrogens (tertiary/aromatic N) is 1. The van der Waals surface area contributed by atoms with Gasteiger partial charge >= 0.3 is 5.97 Å². The van der Waals surface area contributed by atoms with Crippen molar-refractivity contribution >= 4 is 11.9 Å². The van der Waals surface area contributed by atoms with E-state index in [9.17, 15) is 9.59 Å². The number of rotatable bonds is 6. The lowest BCUT2D eigenvalue weighted by Gasteiger charge is -2.05. The molecule has 18 heavy (non-hydrogen) atoms. The Balaban J connectivity index is 2.52. The third kappa shape index (κ3) is 4.53. The van der Waals surface area contributed by atoms with E-state index >= 15 is 0 Å². The standard InChI is InChI=1S/C13H18N2O3/c1-3-4-5-12(16)15-9-11-8-10(6-7-14-11)13(17)18-2/h6-8H,3-5,9H2,1-2H3,(H,15,16). The zero-order valence-corrected chi connectivity index (χ0v) is 10.7. The number of methoxy groups -OCH3 is 1. The molecule has 1 aromatic heterocycles. The van der Waals surface area contributed by atoms with Gasteiger partial charge in [-0.25, -0.2) is 4.79 Å². The van der Waals surface area contributed by atoms with Gasteiger partial charge in [-0.1, -0.05) is 13.3 Å². The van der Waals surface area contributed by atoms with Gasteiger partial charge in [0.15, 0.2) is 0 Å². The minimum absolute atomic E-state index is 0.00196. The molecule has 1 aromatic rings. The van der Waals surface area contributed by atoms with Crippen LogP contribution in [0.15, 0.2) is 18.3 Å². The van der Waals surface area contributed by atoms with Crippen molar-refractivity contribution in [3.8, 4) is 0 Å². The molecule has 1 amide bonds. The average molecular weight is 250 g/mol. The van der Waals surface area contributed by atoms with Crippen molar-refractivity contribution in [2.45, 2.75) is 32.7 Å². The zero-order valence-electron chi connectivity index (χ0n) is 10.7. The molecule has 1 heterocycles. The van der Waals surface area contributed by atoms with Gasteiger partial charge in [0.2, 0.25) is 5.91 Å². The lowest BCUT2D eigenvalue weighted by atomic mass is 10.2. The van der Waals surface area contributed by atoms with Gasteiger partial charge in [-0.15, -0.1) is 0 Å². The van der Waals surface area contributed by atoms with Crippen LogP contribution in [0.4, 0.5) is 0 Å². The second-order valence-electron chi connectivity index (χ2n) is 3.91. The second-order valence-corrected chi connectivity index (χ2v) is 3.91. The Morgan fingerprint density at radius 3 is 2.89 bits per heavy atom. The second kappa shape index (κ2) is 7.42. The Morgan fingerprint density at radius 1 is 1.44 bits per heavy atom. The van der Waals surface area contributed by atoms with E-state index in [2.05, 4.69) is 15.0 Å². The lowest BCUT2D eigenvalue weighted by molar-refractivity contribution is -0.121. The fourth-order valence-electron chi connectivity index (χ4n) is 1.43. The minimum Gasteiger partial charge on any atom is -0.465 e. The molecule has 0 atom stereocenters. The zero-order chi connectivity index (χ0) is 13.4. The van der Waals surface area contributed by atoms with E-state index in [1.807, 2.05) is 6.92 Å². The Labute approximate surface area is 107 Å². The number of nitrogens with one attached hydrogen (secondary N) is 1. The van der Waals surface area contributed by atoms with E-state index in [0.29, 0.717) is 24.2 Å². The van der Waals surface area contributed by atoms with Gasteiger partial charge in [0.05, 0.1) is 24.9 Å². The number of hydrogen-bond donors (Lipinski definition) is 1. The van der Waals surface area contributed by atoms with Crippen molar-refractivity contribution in [1.82, 2.24) is 10.3 Å². The molecular formula is C13H18N2O3. The molecule has 0 bridgehead atoms. The molecule has 5 nitrogen and oxygen atoms in total. The van der Waals surface area contributed by atoms with Crippen LogP contribution >= 0.6 is 0 Å². The summed E-state index contributed by atoms with van der Waals surface area (Å²) in [5.41, 5.74) is 1.08. The topological polar surface area (TPSA) is 68.3 Å². The van der Waals surface area contributed by atoms with Crippen molar-refractivity contribution in [1.29, 1.82) is 0 Å². The van der Waals surface area contributed by atoms with Gasteiger partial charge in [0.25, 0.3) is 0 Å². The van der Waals surface area contributed by atoms with Gasteiger partial charge in [-0.2, -0.15) is 0 Å². The molecular weight excluding hydrogens is 232 g/mol.